The molecular weight excluding hydrogens is 454 g/mol. The Morgan fingerprint density at radius 2 is 1.55 bits per heavy atom. The lowest BCUT2D eigenvalue weighted by Gasteiger charge is -2.26. The summed E-state index contributed by atoms with van der Waals surface area (Å²) in [6.45, 7) is 5.05. The van der Waals surface area contributed by atoms with Gasteiger partial charge in [0, 0.05) is 12.3 Å². The first-order chi connectivity index (χ1) is 15.3. The minimum Gasteiger partial charge on any atom is -0.480 e. The van der Waals surface area contributed by atoms with Gasteiger partial charge in [0.05, 0.1) is 12.1 Å². The fourth-order valence-electron chi connectivity index (χ4n) is 2.66. The minimum atomic E-state index is -1.58. The lowest BCUT2D eigenvalue weighted by Crippen LogP contribution is -2.59. The van der Waals surface area contributed by atoms with Crippen molar-refractivity contribution in [3.05, 3.63) is 0 Å². The number of nitrogens with two attached hydrogens (primary N) is 3. The van der Waals surface area contributed by atoms with Gasteiger partial charge in [-0.05, 0) is 25.7 Å². The van der Waals surface area contributed by atoms with Crippen molar-refractivity contribution >= 4 is 42.3 Å². The molecule has 6 unspecified atom stereocenters. The van der Waals surface area contributed by atoms with Crippen LogP contribution in [0.1, 0.15) is 40.0 Å². The molecule has 0 rings (SSSR count). The third kappa shape index (κ3) is 11.2. The predicted molar refractivity (Wildman–Crippen MR) is 126 cm³/mol. The van der Waals surface area contributed by atoms with E-state index in [2.05, 4.69) is 33.6 Å². The van der Waals surface area contributed by atoms with E-state index in [-0.39, 0.29) is 37.0 Å². The number of carboxylic acid groups (broad SMARTS) is 1. The Morgan fingerprint density at radius 1 is 1.00 bits per heavy atom. The van der Waals surface area contributed by atoms with Gasteiger partial charge in [-0.1, -0.05) is 20.3 Å². The summed E-state index contributed by atoms with van der Waals surface area (Å²) < 4.78 is 0. The van der Waals surface area contributed by atoms with Crippen molar-refractivity contribution in [1.82, 2.24) is 16.0 Å². The Balaban J connectivity index is 5.41. The van der Waals surface area contributed by atoms with Gasteiger partial charge in [0.1, 0.15) is 12.1 Å². The van der Waals surface area contributed by atoms with Crippen molar-refractivity contribution in [2.24, 2.45) is 28.1 Å². The van der Waals surface area contributed by atoms with Gasteiger partial charge in [-0.2, -0.15) is 12.6 Å². The predicted octanol–water partition coefficient (Wildman–Crippen LogP) is -2.74. The highest BCUT2D eigenvalue weighted by atomic mass is 32.1. The number of nitrogens with one attached hydrogen (secondary N) is 3. The molecule has 0 aliphatic rings. The first kappa shape index (κ1) is 30.4. The molecular formula is C19H37N7O6S. The molecule has 6 atom stereocenters. The molecule has 3 amide bonds. The number of aliphatic imine (C=N–C) groups is 1. The summed E-state index contributed by atoms with van der Waals surface area (Å²) in [4.78, 5) is 52.9. The van der Waals surface area contributed by atoms with Gasteiger partial charge >= 0.3 is 5.97 Å². The fourth-order valence-corrected chi connectivity index (χ4v) is 2.92. The molecule has 0 saturated carbocycles. The van der Waals surface area contributed by atoms with Gasteiger partial charge < -0.3 is 43.4 Å². The van der Waals surface area contributed by atoms with Gasteiger partial charge in [0.2, 0.25) is 17.7 Å². The number of rotatable bonds is 15. The zero-order valence-corrected chi connectivity index (χ0v) is 20.0. The topological polar surface area (TPSA) is 235 Å². The molecule has 33 heavy (non-hydrogen) atoms. The molecule has 190 valence electrons. The van der Waals surface area contributed by atoms with Crippen molar-refractivity contribution in [2.45, 2.75) is 70.3 Å². The summed E-state index contributed by atoms with van der Waals surface area (Å²) >= 11 is 4.09. The van der Waals surface area contributed by atoms with E-state index in [9.17, 15) is 29.4 Å². The lowest BCUT2D eigenvalue weighted by atomic mass is 9.99. The van der Waals surface area contributed by atoms with Crippen LogP contribution in [-0.2, 0) is 19.2 Å². The van der Waals surface area contributed by atoms with Gasteiger partial charge in [0.15, 0.2) is 12.0 Å². The summed E-state index contributed by atoms with van der Waals surface area (Å²) in [5, 5.41) is 26.0. The quantitative estimate of drug-likeness (QED) is 0.0499. The fraction of sp³-hybridized carbons (Fsp3) is 0.737. The van der Waals surface area contributed by atoms with E-state index in [4.69, 9.17) is 17.2 Å². The molecule has 0 aliphatic heterocycles. The third-order valence-corrected chi connectivity index (χ3v) is 5.36. The highest BCUT2D eigenvalue weighted by Crippen LogP contribution is 2.07. The highest BCUT2D eigenvalue weighted by molar-refractivity contribution is 7.80. The van der Waals surface area contributed by atoms with Crippen LogP contribution < -0.4 is 33.2 Å². The van der Waals surface area contributed by atoms with Gasteiger partial charge in [0.25, 0.3) is 0 Å². The van der Waals surface area contributed by atoms with Crippen LogP contribution in [-0.4, -0.2) is 82.4 Å². The Bertz CT molecular complexity index is 702. The summed E-state index contributed by atoms with van der Waals surface area (Å²) in [5.74, 6) is -3.84. The molecule has 14 heteroatoms. The summed E-state index contributed by atoms with van der Waals surface area (Å²) in [5.41, 5.74) is 16.4. The lowest BCUT2D eigenvalue weighted by molar-refractivity contribution is -0.145. The van der Waals surface area contributed by atoms with Gasteiger partial charge in [-0.25, -0.2) is 4.79 Å². The van der Waals surface area contributed by atoms with E-state index >= 15 is 0 Å². The van der Waals surface area contributed by atoms with E-state index < -0.39 is 54.0 Å². The molecule has 11 N–H and O–H groups in total. The number of hydrogen-bond donors (Lipinski definition) is 9. The number of hydrogen-bond acceptors (Lipinski definition) is 8. The van der Waals surface area contributed by atoms with E-state index in [1.165, 1.54) is 6.92 Å². The monoisotopic (exact) mass is 491 g/mol. The number of amides is 3. The third-order valence-electron chi connectivity index (χ3n) is 5.00. The maximum absolute atomic E-state index is 12.8. The number of aliphatic hydroxyl groups excluding tert-OH is 1. The SMILES string of the molecule is CCC(C)C(N)C(=O)NC(CS)C(=O)NC(CCCN=C(N)N)C(=O)NC(C(=O)O)C(C)O. The molecule has 0 spiro atoms. The second-order valence-electron chi connectivity index (χ2n) is 7.73. The smallest absolute Gasteiger partial charge is 0.328 e. The normalized spacial score (nSPS) is 16.3. The molecule has 0 heterocycles. The van der Waals surface area contributed by atoms with Crippen molar-refractivity contribution < 1.29 is 29.4 Å². The molecule has 0 saturated heterocycles. The van der Waals surface area contributed by atoms with Crippen LogP contribution in [0.5, 0.6) is 0 Å². The molecule has 0 radical (unpaired) electrons. The zero-order chi connectivity index (χ0) is 25.7. The maximum atomic E-state index is 12.8. The van der Waals surface area contributed by atoms with E-state index in [1.807, 2.05) is 6.92 Å². The number of carbonyl (C=O) groups is 4. The van der Waals surface area contributed by atoms with Crippen molar-refractivity contribution in [3.63, 3.8) is 0 Å². The number of thiol groups is 1. The second-order valence-corrected chi connectivity index (χ2v) is 8.10. The Hall–Kier alpha value is -2.58. The van der Waals surface area contributed by atoms with Crippen LogP contribution in [0.3, 0.4) is 0 Å². The van der Waals surface area contributed by atoms with Crippen molar-refractivity contribution in [2.75, 3.05) is 12.3 Å². The summed E-state index contributed by atoms with van der Waals surface area (Å²) in [6, 6.07) is -4.68. The number of carboxylic acids is 1. The van der Waals surface area contributed by atoms with E-state index in [0.29, 0.717) is 6.42 Å². The van der Waals surface area contributed by atoms with Crippen molar-refractivity contribution in [1.29, 1.82) is 0 Å². The van der Waals surface area contributed by atoms with E-state index in [0.717, 1.165) is 0 Å². The number of aliphatic carboxylic acids is 1. The molecule has 0 aliphatic carbocycles. The number of guanidine groups is 1. The second kappa shape index (κ2) is 15.3. The molecule has 0 aromatic rings. The number of carbonyl (C=O) groups excluding carboxylic acids is 3. The van der Waals surface area contributed by atoms with Crippen LogP contribution in [0.2, 0.25) is 0 Å². The molecule has 13 nitrogen and oxygen atoms in total. The summed E-state index contributed by atoms with van der Waals surface area (Å²) in [7, 11) is 0. The molecule has 0 bridgehead atoms. The Morgan fingerprint density at radius 3 is 2.00 bits per heavy atom. The standard InChI is InChI=1S/C19H37N7O6S/c1-4-9(2)13(20)17(30)25-12(8-33)16(29)24-11(6-5-7-23-19(21)22)15(28)26-14(10(3)27)18(31)32/h9-14,27,33H,4-8,20H2,1-3H3,(H,24,29)(H,25,30)(H,26,28)(H,31,32)(H4,21,22,23). The average Bonchev–Trinajstić information content (AvgIpc) is 2.75. The van der Waals surface area contributed by atoms with Crippen LogP contribution in [0.25, 0.3) is 0 Å². The van der Waals surface area contributed by atoms with Crippen LogP contribution in [0, 0.1) is 5.92 Å². The van der Waals surface area contributed by atoms with E-state index in [1.54, 1.807) is 6.92 Å². The molecule has 0 fully saturated rings. The number of nitrogens with zero attached hydrogens (tertiary/aromatic N) is 1. The van der Waals surface area contributed by atoms with Gasteiger partial charge in [-0.15, -0.1) is 0 Å². The number of aliphatic hydroxyl groups is 1. The Kier molecular flexibility index (Phi) is 14.1. The minimum absolute atomic E-state index is 0.0557. The van der Waals surface area contributed by atoms with Crippen LogP contribution >= 0.6 is 12.6 Å². The van der Waals surface area contributed by atoms with Crippen molar-refractivity contribution in [3.8, 4) is 0 Å². The zero-order valence-electron chi connectivity index (χ0n) is 19.2. The van der Waals surface area contributed by atoms with Crippen LogP contribution in [0.4, 0.5) is 0 Å². The molecule has 0 aromatic heterocycles. The Labute approximate surface area is 198 Å². The maximum Gasteiger partial charge on any atom is 0.328 e. The first-order valence-electron chi connectivity index (χ1n) is 10.6. The highest BCUT2D eigenvalue weighted by Gasteiger charge is 2.31. The largest absolute Gasteiger partial charge is 0.480 e. The van der Waals surface area contributed by atoms with Crippen LogP contribution in [0.15, 0.2) is 4.99 Å². The average molecular weight is 492 g/mol. The summed E-state index contributed by atoms with van der Waals surface area (Å²) in [6.07, 6.45) is -0.381. The first-order valence-corrected chi connectivity index (χ1v) is 11.2. The molecule has 0 aromatic carbocycles. The van der Waals surface area contributed by atoms with Gasteiger partial charge in [-0.3, -0.25) is 19.4 Å².